The molecule has 0 aliphatic carbocycles. The maximum Gasteiger partial charge on any atom is 0.0865 e. The summed E-state index contributed by atoms with van der Waals surface area (Å²) in [6, 6.07) is 0. The molecule has 0 atom stereocenters. The van der Waals surface area contributed by atoms with Crippen molar-refractivity contribution in [1.29, 1.82) is 0 Å². The fraction of sp³-hybridized carbons (Fsp3) is 0.625. The van der Waals surface area contributed by atoms with Crippen LogP contribution in [0.2, 0.25) is 5.02 Å². The fourth-order valence-corrected chi connectivity index (χ4v) is 1.23. The maximum absolute atomic E-state index is 8.99. The lowest BCUT2D eigenvalue weighted by molar-refractivity contribution is 0.263. The number of aliphatic hydroxyl groups is 1. The van der Waals surface area contributed by atoms with Crippen LogP contribution >= 0.6 is 11.6 Å². The van der Waals surface area contributed by atoms with E-state index in [0.717, 1.165) is 13.1 Å². The number of rotatable bonds is 4. The van der Waals surface area contributed by atoms with Gasteiger partial charge in [0.25, 0.3) is 0 Å². The molecular weight excluding hydrogens is 190 g/mol. The van der Waals surface area contributed by atoms with Crippen molar-refractivity contribution >= 4 is 11.6 Å². The molecule has 0 saturated carbocycles. The van der Waals surface area contributed by atoms with E-state index in [9.17, 15) is 0 Å². The molecule has 1 aromatic rings. The average Bonchev–Trinajstić information content (AvgIpc) is 2.42. The second kappa shape index (κ2) is 4.60. The third-order valence-electron chi connectivity index (χ3n) is 1.81. The van der Waals surface area contributed by atoms with Gasteiger partial charge in [0.05, 0.1) is 30.1 Å². The van der Waals surface area contributed by atoms with Gasteiger partial charge in [0.1, 0.15) is 0 Å². The second-order valence-electron chi connectivity index (χ2n) is 3.12. The van der Waals surface area contributed by atoms with Crippen molar-refractivity contribution in [2.45, 2.75) is 13.2 Å². The molecule has 0 spiro atoms. The van der Waals surface area contributed by atoms with Crippen LogP contribution in [0.5, 0.6) is 0 Å². The van der Waals surface area contributed by atoms with Gasteiger partial charge in [0, 0.05) is 6.54 Å². The van der Waals surface area contributed by atoms with Crippen molar-refractivity contribution in [3.63, 3.8) is 0 Å². The Morgan fingerprint density at radius 2 is 2.31 bits per heavy atom. The highest BCUT2D eigenvalue weighted by molar-refractivity contribution is 6.31. The number of nitrogens with zero attached hydrogens (tertiary/aromatic N) is 3. The van der Waals surface area contributed by atoms with Gasteiger partial charge in [-0.05, 0) is 14.1 Å². The summed E-state index contributed by atoms with van der Waals surface area (Å²) in [6.07, 6.45) is 1.56. The summed E-state index contributed by atoms with van der Waals surface area (Å²) in [5.41, 5.74) is 0.684. The highest BCUT2D eigenvalue weighted by Crippen LogP contribution is 2.14. The van der Waals surface area contributed by atoms with Crippen molar-refractivity contribution in [2.24, 2.45) is 0 Å². The van der Waals surface area contributed by atoms with Crippen molar-refractivity contribution < 1.29 is 5.11 Å². The molecular formula is C8H14ClN3O. The zero-order valence-corrected chi connectivity index (χ0v) is 8.62. The second-order valence-corrected chi connectivity index (χ2v) is 3.53. The summed E-state index contributed by atoms with van der Waals surface area (Å²) in [5, 5.41) is 13.6. The number of aliphatic hydroxyl groups excluding tert-OH is 1. The molecule has 0 amide bonds. The lowest BCUT2D eigenvalue weighted by Crippen LogP contribution is -2.20. The molecule has 0 fully saturated rings. The molecule has 1 heterocycles. The van der Waals surface area contributed by atoms with Crippen LogP contribution in [-0.2, 0) is 13.2 Å². The average molecular weight is 204 g/mol. The van der Waals surface area contributed by atoms with E-state index in [1.165, 1.54) is 0 Å². The summed E-state index contributed by atoms with van der Waals surface area (Å²) in [5.74, 6) is 0. The molecule has 0 aliphatic rings. The molecule has 0 unspecified atom stereocenters. The Bertz CT molecular complexity index is 272. The minimum atomic E-state index is -0.0632. The Morgan fingerprint density at radius 3 is 2.85 bits per heavy atom. The SMILES string of the molecule is CN(C)CCn1ncc(Cl)c1CO. The lowest BCUT2D eigenvalue weighted by Gasteiger charge is -2.10. The highest BCUT2D eigenvalue weighted by atomic mass is 35.5. The van der Waals surface area contributed by atoms with E-state index in [0.29, 0.717) is 10.7 Å². The van der Waals surface area contributed by atoms with Gasteiger partial charge in [-0.25, -0.2) is 0 Å². The van der Waals surface area contributed by atoms with Crippen LogP contribution in [0.25, 0.3) is 0 Å². The van der Waals surface area contributed by atoms with E-state index >= 15 is 0 Å². The molecule has 0 bridgehead atoms. The number of aromatic nitrogens is 2. The molecule has 0 aliphatic heterocycles. The fourth-order valence-electron chi connectivity index (χ4n) is 1.03. The number of hydrogen-bond donors (Lipinski definition) is 1. The van der Waals surface area contributed by atoms with E-state index in [-0.39, 0.29) is 6.61 Å². The zero-order chi connectivity index (χ0) is 9.84. The van der Waals surface area contributed by atoms with Crippen LogP contribution in [0.3, 0.4) is 0 Å². The van der Waals surface area contributed by atoms with Crippen LogP contribution in [0.4, 0.5) is 0 Å². The molecule has 4 nitrogen and oxygen atoms in total. The summed E-state index contributed by atoms with van der Waals surface area (Å²) in [6.45, 7) is 1.56. The zero-order valence-electron chi connectivity index (χ0n) is 7.87. The first-order chi connectivity index (χ1) is 6.15. The monoisotopic (exact) mass is 203 g/mol. The van der Waals surface area contributed by atoms with E-state index in [4.69, 9.17) is 16.7 Å². The molecule has 0 saturated heterocycles. The van der Waals surface area contributed by atoms with Gasteiger partial charge in [0.15, 0.2) is 0 Å². The third-order valence-corrected chi connectivity index (χ3v) is 2.12. The van der Waals surface area contributed by atoms with Crippen molar-refractivity contribution in [2.75, 3.05) is 20.6 Å². The highest BCUT2D eigenvalue weighted by Gasteiger charge is 2.07. The predicted octanol–water partition coefficient (Wildman–Crippen LogP) is 0.590. The summed E-state index contributed by atoms with van der Waals surface area (Å²) in [4.78, 5) is 2.05. The first kappa shape index (κ1) is 10.5. The summed E-state index contributed by atoms with van der Waals surface area (Å²) < 4.78 is 1.72. The van der Waals surface area contributed by atoms with Crippen LogP contribution in [-0.4, -0.2) is 40.4 Å². The van der Waals surface area contributed by atoms with Gasteiger partial charge in [-0.3, -0.25) is 4.68 Å². The molecule has 5 heteroatoms. The van der Waals surface area contributed by atoms with Crippen molar-refractivity contribution in [1.82, 2.24) is 14.7 Å². The predicted molar refractivity (Wildman–Crippen MR) is 51.7 cm³/mol. The van der Waals surface area contributed by atoms with Gasteiger partial charge in [-0.15, -0.1) is 0 Å². The molecule has 0 radical (unpaired) electrons. The minimum absolute atomic E-state index is 0.0632. The summed E-state index contributed by atoms with van der Waals surface area (Å²) in [7, 11) is 3.98. The summed E-state index contributed by atoms with van der Waals surface area (Å²) >= 11 is 5.80. The van der Waals surface area contributed by atoms with Crippen LogP contribution in [0, 0.1) is 0 Å². The molecule has 74 valence electrons. The molecule has 1 N–H and O–H groups in total. The number of likely N-dealkylation sites (N-methyl/N-ethyl adjacent to an activating group) is 1. The van der Waals surface area contributed by atoms with Gasteiger partial charge in [-0.2, -0.15) is 5.10 Å². The van der Waals surface area contributed by atoms with Gasteiger partial charge < -0.3 is 10.0 Å². The standard InChI is InChI=1S/C8H14ClN3O/c1-11(2)3-4-12-8(6-13)7(9)5-10-12/h5,13H,3-4,6H2,1-2H3. The van der Waals surface area contributed by atoms with Crippen LogP contribution in [0.15, 0.2) is 6.20 Å². The number of hydrogen-bond acceptors (Lipinski definition) is 3. The Morgan fingerprint density at radius 1 is 1.62 bits per heavy atom. The Labute approximate surface area is 82.7 Å². The van der Waals surface area contributed by atoms with E-state index in [2.05, 4.69) is 10.00 Å². The topological polar surface area (TPSA) is 41.3 Å². The Balaban J connectivity index is 2.65. The van der Waals surface area contributed by atoms with E-state index in [1.54, 1.807) is 10.9 Å². The third kappa shape index (κ3) is 2.69. The van der Waals surface area contributed by atoms with Crippen LogP contribution in [0.1, 0.15) is 5.69 Å². The van der Waals surface area contributed by atoms with E-state index < -0.39 is 0 Å². The molecule has 13 heavy (non-hydrogen) atoms. The van der Waals surface area contributed by atoms with Crippen molar-refractivity contribution in [3.05, 3.63) is 16.9 Å². The van der Waals surface area contributed by atoms with Gasteiger partial charge in [-0.1, -0.05) is 11.6 Å². The Hall–Kier alpha value is -0.580. The molecule has 0 aromatic carbocycles. The van der Waals surface area contributed by atoms with Crippen molar-refractivity contribution in [3.8, 4) is 0 Å². The van der Waals surface area contributed by atoms with Crippen LogP contribution < -0.4 is 0 Å². The minimum Gasteiger partial charge on any atom is -0.390 e. The first-order valence-electron chi connectivity index (χ1n) is 4.11. The quantitative estimate of drug-likeness (QED) is 0.779. The maximum atomic E-state index is 8.99. The lowest BCUT2D eigenvalue weighted by atomic mass is 10.4. The normalized spacial score (nSPS) is 11.2. The van der Waals surface area contributed by atoms with E-state index in [1.807, 2.05) is 14.1 Å². The Kier molecular flexibility index (Phi) is 3.71. The largest absolute Gasteiger partial charge is 0.390 e. The molecule has 1 rings (SSSR count). The van der Waals surface area contributed by atoms with Gasteiger partial charge in [0.2, 0.25) is 0 Å². The number of halogens is 1. The first-order valence-corrected chi connectivity index (χ1v) is 4.48. The molecule has 1 aromatic heterocycles. The smallest absolute Gasteiger partial charge is 0.0865 e. The van der Waals surface area contributed by atoms with Gasteiger partial charge >= 0.3 is 0 Å².